The molecule has 1 rings (SSSR count). The average molecular weight is 214 g/mol. The van der Waals surface area contributed by atoms with Gasteiger partial charge >= 0.3 is 0 Å². The highest BCUT2D eigenvalue weighted by atomic mass is 35.5. The Bertz CT molecular complexity index is 317. The molecule has 0 aliphatic rings. The Balaban J connectivity index is 2.68. The fourth-order valence-electron chi connectivity index (χ4n) is 0.812. The van der Waals surface area contributed by atoms with Crippen LogP contribution in [0.4, 0.5) is 5.95 Å². The van der Waals surface area contributed by atoms with Gasteiger partial charge in [0.1, 0.15) is 5.02 Å². The first-order valence-electron chi connectivity index (χ1n) is 4.22. The minimum Gasteiger partial charge on any atom is -0.476 e. The SMILES string of the molecule is C=CCCOc1nc(NC)ncc1Cl. The Morgan fingerprint density at radius 2 is 2.50 bits per heavy atom. The molecule has 0 saturated carbocycles. The van der Waals surface area contributed by atoms with Crippen molar-refractivity contribution in [3.63, 3.8) is 0 Å². The topological polar surface area (TPSA) is 47.0 Å². The van der Waals surface area contributed by atoms with Gasteiger partial charge < -0.3 is 10.1 Å². The predicted octanol–water partition coefficient (Wildman–Crippen LogP) is 2.13. The Labute approximate surface area is 88.0 Å². The highest BCUT2D eigenvalue weighted by Crippen LogP contribution is 2.21. The van der Waals surface area contributed by atoms with Crippen LogP contribution in [0.3, 0.4) is 0 Å². The summed E-state index contributed by atoms with van der Waals surface area (Å²) in [4.78, 5) is 7.98. The van der Waals surface area contributed by atoms with E-state index < -0.39 is 0 Å². The van der Waals surface area contributed by atoms with E-state index in [0.717, 1.165) is 6.42 Å². The minimum absolute atomic E-state index is 0.396. The lowest BCUT2D eigenvalue weighted by atomic mass is 10.4. The lowest BCUT2D eigenvalue weighted by molar-refractivity contribution is 0.312. The first-order valence-corrected chi connectivity index (χ1v) is 4.59. The van der Waals surface area contributed by atoms with Crippen molar-refractivity contribution in [1.82, 2.24) is 9.97 Å². The molecule has 1 aromatic heterocycles. The smallest absolute Gasteiger partial charge is 0.237 e. The molecule has 1 N–H and O–H groups in total. The van der Waals surface area contributed by atoms with Crippen LogP contribution in [-0.2, 0) is 0 Å². The van der Waals surface area contributed by atoms with Gasteiger partial charge in [-0.25, -0.2) is 4.98 Å². The molecule has 0 bridgehead atoms. The number of hydrogen-bond donors (Lipinski definition) is 1. The van der Waals surface area contributed by atoms with Crippen LogP contribution in [0.1, 0.15) is 6.42 Å². The molecular weight excluding hydrogens is 202 g/mol. The van der Waals surface area contributed by atoms with Crippen molar-refractivity contribution in [1.29, 1.82) is 0 Å². The van der Waals surface area contributed by atoms with E-state index in [1.54, 1.807) is 13.1 Å². The zero-order chi connectivity index (χ0) is 10.4. The molecule has 0 spiro atoms. The van der Waals surface area contributed by atoms with Gasteiger partial charge in [0.25, 0.3) is 0 Å². The van der Waals surface area contributed by atoms with Crippen molar-refractivity contribution in [2.45, 2.75) is 6.42 Å². The van der Waals surface area contributed by atoms with E-state index in [0.29, 0.717) is 23.5 Å². The molecule has 1 aromatic rings. The van der Waals surface area contributed by atoms with Gasteiger partial charge in [0.15, 0.2) is 0 Å². The molecule has 0 unspecified atom stereocenters. The Kier molecular flexibility index (Phi) is 4.19. The number of rotatable bonds is 5. The predicted molar refractivity (Wildman–Crippen MR) is 56.9 cm³/mol. The number of hydrogen-bond acceptors (Lipinski definition) is 4. The molecule has 0 radical (unpaired) electrons. The van der Waals surface area contributed by atoms with E-state index >= 15 is 0 Å². The summed E-state index contributed by atoms with van der Waals surface area (Å²) in [5, 5.41) is 3.21. The molecule has 0 saturated heterocycles. The molecule has 0 fully saturated rings. The zero-order valence-electron chi connectivity index (χ0n) is 7.96. The maximum atomic E-state index is 5.83. The van der Waals surface area contributed by atoms with Gasteiger partial charge in [0.2, 0.25) is 11.8 Å². The fraction of sp³-hybridized carbons (Fsp3) is 0.333. The highest BCUT2D eigenvalue weighted by Gasteiger charge is 2.04. The molecule has 5 heteroatoms. The second kappa shape index (κ2) is 5.44. The van der Waals surface area contributed by atoms with E-state index in [9.17, 15) is 0 Å². The van der Waals surface area contributed by atoms with E-state index in [1.807, 2.05) is 0 Å². The quantitative estimate of drug-likeness (QED) is 0.601. The van der Waals surface area contributed by atoms with Crippen LogP contribution in [0.25, 0.3) is 0 Å². The number of nitrogens with one attached hydrogen (secondary N) is 1. The number of nitrogens with zero attached hydrogens (tertiary/aromatic N) is 2. The maximum Gasteiger partial charge on any atom is 0.237 e. The standard InChI is InChI=1S/C9H12ClN3O/c1-3-4-5-14-8-7(10)6-12-9(11-2)13-8/h3,6H,1,4-5H2,2H3,(H,11,12,13). The number of ether oxygens (including phenoxy) is 1. The van der Waals surface area contributed by atoms with Crippen molar-refractivity contribution in [2.75, 3.05) is 19.0 Å². The van der Waals surface area contributed by atoms with Crippen molar-refractivity contribution < 1.29 is 4.74 Å². The molecule has 0 aliphatic heterocycles. The molecule has 1 heterocycles. The van der Waals surface area contributed by atoms with Gasteiger partial charge in [-0.1, -0.05) is 17.7 Å². The van der Waals surface area contributed by atoms with Crippen LogP contribution >= 0.6 is 11.6 Å². The zero-order valence-corrected chi connectivity index (χ0v) is 8.71. The molecular formula is C9H12ClN3O. The Hall–Kier alpha value is -1.29. The van der Waals surface area contributed by atoms with Crippen molar-refractivity contribution in [3.8, 4) is 5.88 Å². The summed E-state index contributed by atoms with van der Waals surface area (Å²) in [6.07, 6.45) is 4.03. The van der Waals surface area contributed by atoms with Crippen LogP contribution in [0.2, 0.25) is 5.02 Å². The summed E-state index contributed by atoms with van der Waals surface area (Å²) in [5.41, 5.74) is 0. The summed E-state index contributed by atoms with van der Waals surface area (Å²) in [7, 11) is 1.73. The molecule has 0 aliphatic carbocycles. The lowest BCUT2D eigenvalue weighted by Crippen LogP contribution is -2.02. The van der Waals surface area contributed by atoms with Gasteiger partial charge in [-0.05, 0) is 6.42 Å². The van der Waals surface area contributed by atoms with Crippen LogP contribution < -0.4 is 10.1 Å². The van der Waals surface area contributed by atoms with Crippen LogP contribution in [0.5, 0.6) is 5.88 Å². The van der Waals surface area contributed by atoms with Gasteiger partial charge in [-0.3, -0.25) is 0 Å². The van der Waals surface area contributed by atoms with E-state index in [4.69, 9.17) is 16.3 Å². The van der Waals surface area contributed by atoms with Crippen LogP contribution in [0, 0.1) is 0 Å². The minimum atomic E-state index is 0.396. The Morgan fingerprint density at radius 1 is 1.71 bits per heavy atom. The lowest BCUT2D eigenvalue weighted by Gasteiger charge is -2.06. The molecule has 0 atom stereocenters. The monoisotopic (exact) mass is 213 g/mol. The third-order valence-electron chi connectivity index (χ3n) is 1.50. The van der Waals surface area contributed by atoms with Gasteiger partial charge in [0.05, 0.1) is 12.8 Å². The molecule has 0 aromatic carbocycles. The summed E-state index contributed by atoms with van der Waals surface area (Å²) in [6.45, 7) is 4.11. The van der Waals surface area contributed by atoms with Crippen LogP contribution in [-0.4, -0.2) is 23.6 Å². The van der Waals surface area contributed by atoms with Crippen molar-refractivity contribution in [2.24, 2.45) is 0 Å². The Morgan fingerprint density at radius 3 is 3.14 bits per heavy atom. The second-order valence-corrected chi connectivity index (χ2v) is 2.93. The van der Waals surface area contributed by atoms with Crippen LogP contribution in [0.15, 0.2) is 18.9 Å². The van der Waals surface area contributed by atoms with E-state index in [1.165, 1.54) is 6.20 Å². The molecule has 4 nitrogen and oxygen atoms in total. The summed E-state index contributed by atoms with van der Waals surface area (Å²) >= 11 is 5.83. The average Bonchev–Trinajstić information content (AvgIpc) is 2.21. The van der Waals surface area contributed by atoms with Crippen molar-refractivity contribution >= 4 is 17.5 Å². The third-order valence-corrected chi connectivity index (χ3v) is 1.76. The third kappa shape index (κ3) is 2.88. The number of halogens is 1. The molecule has 14 heavy (non-hydrogen) atoms. The van der Waals surface area contributed by atoms with Gasteiger partial charge in [0, 0.05) is 7.05 Å². The van der Waals surface area contributed by atoms with Gasteiger partial charge in [-0.15, -0.1) is 6.58 Å². The molecule has 76 valence electrons. The largest absolute Gasteiger partial charge is 0.476 e. The molecule has 0 amide bonds. The first-order chi connectivity index (χ1) is 6.77. The summed E-state index contributed by atoms with van der Waals surface area (Å²) < 4.78 is 5.33. The fourth-order valence-corrected chi connectivity index (χ4v) is 0.958. The second-order valence-electron chi connectivity index (χ2n) is 2.52. The number of aromatic nitrogens is 2. The summed E-state index contributed by atoms with van der Waals surface area (Å²) in [6, 6.07) is 0. The highest BCUT2D eigenvalue weighted by molar-refractivity contribution is 6.31. The maximum absolute atomic E-state index is 5.83. The first kappa shape index (κ1) is 10.8. The van der Waals surface area contributed by atoms with Gasteiger partial charge in [-0.2, -0.15) is 4.98 Å². The number of anilines is 1. The van der Waals surface area contributed by atoms with E-state index in [2.05, 4.69) is 21.9 Å². The normalized spacial score (nSPS) is 9.57. The van der Waals surface area contributed by atoms with Crippen molar-refractivity contribution in [3.05, 3.63) is 23.9 Å². The summed E-state index contributed by atoms with van der Waals surface area (Å²) in [5.74, 6) is 0.885. The van der Waals surface area contributed by atoms with E-state index in [-0.39, 0.29) is 0 Å².